The maximum Gasteiger partial charge on any atom is 0.261 e. The van der Waals surface area contributed by atoms with Crippen molar-refractivity contribution in [1.82, 2.24) is 14.5 Å². The zero-order valence-electron chi connectivity index (χ0n) is 16.1. The molecule has 0 amide bonds. The number of halogens is 2. The standard InChI is InChI=1S/C21H20ClN5O2.ClH/c22-18-4-2-1-3-16(18)17-11-13-12-24-21(25-14-5-7-15(28)8-6-14)26-19(13)27(10-9-23)20(17)29;/h1-4,11-12,14-15,28H,5-8,10H2,(H,24,25,26);1H. The van der Waals surface area contributed by atoms with Crippen molar-refractivity contribution in [2.45, 2.75) is 44.4 Å². The second kappa shape index (κ2) is 9.43. The molecule has 9 heteroatoms. The van der Waals surface area contributed by atoms with Gasteiger partial charge in [0, 0.05) is 33.8 Å². The first-order valence-corrected chi connectivity index (χ1v) is 9.91. The van der Waals surface area contributed by atoms with E-state index in [-0.39, 0.29) is 36.7 Å². The molecular weight excluding hydrogens is 425 g/mol. The summed E-state index contributed by atoms with van der Waals surface area (Å²) in [7, 11) is 0. The van der Waals surface area contributed by atoms with E-state index in [1.165, 1.54) is 4.57 Å². The van der Waals surface area contributed by atoms with Gasteiger partial charge < -0.3 is 10.4 Å². The lowest BCUT2D eigenvalue weighted by Gasteiger charge is -2.26. The number of pyridine rings is 1. The van der Waals surface area contributed by atoms with Gasteiger partial charge in [0.2, 0.25) is 5.95 Å². The van der Waals surface area contributed by atoms with Crippen LogP contribution >= 0.6 is 24.0 Å². The molecule has 1 aromatic carbocycles. The molecule has 156 valence electrons. The molecule has 1 saturated carbocycles. The Balaban J connectivity index is 0.00000256. The van der Waals surface area contributed by atoms with Crippen LogP contribution in [-0.2, 0) is 6.54 Å². The lowest BCUT2D eigenvalue weighted by atomic mass is 9.93. The molecule has 1 fully saturated rings. The highest BCUT2D eigenvalue weighted by Gasteiger charge is 2.20. The van der Waals surface area contributed by atoms with Crippen LogP contribution in [0.4, 0.5) is 5.95 Å². The number of benzene rings is 1. The van der Waals surface area contributed by atoms with Gasteiger partial charge in [-0.15, -0.1) is 12.4 Å². The first kappa shape index (κ1) is 22.0. The molecule has 1 aliphatic carbocycles. The molecule has 0 radical (unpaired) electrons. The lowest BCUT2D eigenvalue weighted by molar-refractivity contribution is 0.126. The second-order valence-electron chi connectivity index (χ2n) is 7.21. The van der Waals surface area contributed by atoms with Crippen LogP contribution in [0.2, 0.25) is 5.02 Å². The summed E-state index contributed by atoms with van der Waals surface area (Å²) in [6.45, 7) is -0.125. The van der Waals surface area contributed by atoms with Crippen molar-refractivity contribution in [2.75, 3.05) is 5.32 Å². The van der Waals surface area contributed by atoms with Gasteiger partial charge in [-0.1, -0.05) is 29.8 Å². The second-order valence-corrected chi connectivity index (χ2v) is 7.62. The van der Waals surface area contributed by atoms with Crippen LogP contribution < -0.4 is 10.9 Å². The Labute approximate surface area is 184 Å². The normalized spacial score (nSPS) is 18.4. The molecular formula is C21H21Cl2N5O2. The van der Waals surface area contributed by atoms with Crippen LogP contribution in [0, 0.1) is 11.3 Å². The Kier molecular flexibility index (Phi) is 6.93. The average Bonchev–Trinajstić information content (AvgIpc) is 2.72. The SMILES string of the molecule is Cl.N#CCn1c(=O)c(-c2ccccc2Cl)cc2cnc(NC3CCC(O)CC3)nc21. The number of fused-ring (bicyclic) bond motifs is 1. The van der Waals surface area contributed by atoms with Crippen molar-refractivity contribution in [3.8, 4) is 17.2 Å². The molecule has 30 heavy (non-hydrogen) atoms. The number of nitrogens with one attached hydrogen (secondary N) is 1. The molecule has 3 aromatic rings. The molecule has 0 unspecified atom stereocenters. The number of hydrogen-bond acceptors (Lipinski definition) is 6. The summed E-state index contributed by atoms with van der Waals surface area (Å²) >= 11 is 6.28. The van der Waals surface area contributed by atoms with Crippen LogP contribution in [0.15, 0.2) is 41.3 Å². The van der Waals surface area contributed by atoms with Gasteiger partial charge in [0.1, 0.15) is 12.2 Å². The molecule has 2 aromatic heterocycles. The fourth-order valence-corrected chi connectivity index (χ4v) is 3.96. The zero-order valence-corrected chi connectivity index (χ0v) is 17.7. The Bertz CT molecular complexity index is 1150. The topological polar surface area (TPSA) is 104 Å². The van der Waals surface area contributed by atoms with Crippen LogP contribution in [0.3, 0.4) is 0 Å². The number of hydrogen-bond donors (Lipinski definition) is 2. The number of nitrogens with zero attached hydrogens (tertiary/aromatic N) is 4. The third-order valence-corrected chi connectivity index (χ3v) is 5.58. The van der Waals surface area contributed by atoms with E-state index in [1.54, 1.807) is 30.5 Å². The molecule has 0 bridgehead atoms. The number of anilines is 1. The van der Waals surface area contributed by atoms with E-state index in [1.807, 2.05) is 12.1 Å². The Morgan fingerprint density at radius 1 is 1.23 bits per heavy atom. The minimum absolute atomic E-state index is 0. The molecule has 2 N–H and O–H groups in total. The molecule has 0 spiro atoms. The maximum atomic E-state index is 13.1. The van der Waals surface area contributed by atoms with E-state index in [4.69, 9.17) is 11.6 Å². The highest BCUT2D eigenvalue weighted by Crippen LogP contribution is 2.27. The molecule has 0 atom stereocenters. The zero-order chi connectivity index (χ0) is 20.4. The summed E-state index contributed by atoms with van der Waals surface area (Å²) in [6.07, 6.45) is 4.56. The van der Waals surface area contributed by atoms with Crippen molar-refractivity contribution in [2.24, 2.45) is 0 Å². The van der Waals surface area contributed by atoms with Crippen LogP contribution in [0.5, 0.6) is 0 Å². The Hall–Kier alpha value is -2.66. The van der Waals surface area contributed by atoms with Gasteiger partial charge in [-0.2, -0.15) is 10.2 Å². The predicted molar refractivity (Wildman–Crippen MR) is 119 cm³/mol. The minimum atomic E-state index is -0.322. The number of rotatable bonds is 4. The van der Waals surface area contributed by atoms with E-state index in [9.17, 15) is 15.2 Å². The summed E-state index contributed by atoms with van der Waals surface area (Å²) in [5, 5.41) is 23.3. The molecule has 7 nitrogen and oxygen atoms in total. The highest BCUT2D eigenvalue weighted by molar-refractivity contribution is 6.33. The predicted octanol–water partition coefficient (Wildman–Crippen LogP) is 3.77. The van der Waals surface area contributed by atoms with Gasteiger partial charge in [0.15, 0.2) is 0 Å². The van der Waals surface area contributed by atoms with E-state index < -0.39 is 0 Å². The summed E-state index contributed by atoms with van der Waals surface area (Å²) in [5.41, 5.74) is 1.10. The molecule has 2 heterocycles. The summed E-state index contributed by atoms with van der Waals surface area (Å²) in [6, 6.07) is 11.0. The van der Waals surface area contributed by atoms with Gasteiger partial charge in [0.05, 0.1) is 12.2 Å². The maximum absolute atomic E-state index is 13.1. The van der Waals surface area contributed by atoms with Crippen molar-refractivity contribution in [3.63, 3.8) is 0 Å². The van der Waals surface area contributed by atoms with E-state index in [0.29, 0.717) is 33.1 Å². The van der Waals surface area contributed by atoms with Gasteiger partial charge >= 0.3 is 0 Å². The molecule has 0 saturated heterocycles. The molecule has 0 aliphatic heterocycles. The fourth-order valence-electron chi connectivity index (χ4n) is 3.72. The van der Waals surface area contributed by atoms with Crippen molar-refractivity contribution >= 4 is 41.0 Å². The third kappa shape index (κ3) is 4.41. The van der Waals surface area contributed by atoms with Crippen LogP contribution in [-0.4, -0.2) is 31.8 Å². The summed E-state index contributed by atoms with van der Waals surface area (Å²) in [4.78, 5) is 22.0. The van der Waals surface area contributed by atoms with Gasteiger partial charge in [-0.25, -0.2) is 4.98 Å². The lowest BCUT2D eigenvalue weighted by Crippen LogP contribution is -2.29. The monoisotopic (exact) mass is 445 g/mol. The average molecular weight is 446 g/mol. The van der Waals surface area contributed by atoms with Crippen molar-refractivity contribution in [3.05, 3.63) is 51.9 Å². The fraction of sp³-hybridized carbons (Fsp3) is 0.333. The van der Waals surface area contributed by atoms with Gasteiger partial charge in [-0.05, 0) is 37.8 Å². The number of aliphatic hydroxyl groups excluding tert-OH is 1. The highest BCUT2D eigenvalue weighted by atomic mass is 35.5. The van der Waals surface area contributed by atoms with Crippen LogP contribution in [0.1, 0.15) is 25.7 Å². The number of aliphatic hydroxyl groups is 1. The Morgan fingerprint density at radius 3 is 2.67 bits per heavy atom. The first-order valence-electron chi connectivity index (χ1n) is 9.54. The van der Waals surface area contributed by atoms with E-state index in [0.717, 1.165) is 25.7 Å². The molecule has 4 rings (SSSR count). The first-order chi connectivity index (χ1) is 14.1. The van der Waals surface area contributed by atoms with E-state index in [2.05, 4.69) is 15.3 Å². The number of nitriles is 1. The third-order valence-electron chi connectivity index (χ3n) is 5.25. The summed E-state index contributed by atoms with van der Waals surface area (Å²) < 4.78 is 1.35. The van der Waals surface area contributed by atoms with Crippen molar-refractivity contribution < 1.29 is 5.11 Å². The Morgan fingerprint density at radius 2 is 1.97 bits per heavy atom. The smallest absolute Gasteiger partial charge is 0.261 e. The summed E-state index contributed by atoms with van der Waals surface area (Å²) in [5.74, 6) is 0.412. The van der Waals surface area contributed by atoms with Crippen molar-refractivity contribution in [1.29, 1.82) is 5.26 Å². The largest absolute Gasteiger partial charge is 0.393 e. The van der Waals surface area contributed by atoms with Gasteiger partial charge in [0.25, 0.3) is 5.56 Å². The minimum Gasteiger partial charge on any atom is -0.393 e. The number of aromatic nitrogens is 3. The molecule has 1 aliphatic rings. The van der Waals surface area contributed by atoms with Crippen LogP contribution in [0.25, 0.3) is 22.2 Å². The van der Waals surface area contributed by atoms with E-state index >= 15 is 0 Å². The van der Waals surface area contributed by atoms with Gasteiger partial charge in [-0.3, -0.25) is 9.36 Å². The quantitative estimate of drug-likeness (QED) is 0.633.